The standard InChI is InChI=1S/C22H25NO4/c1-13-6-8-23(9-7-13)12-17-18(24)10-14(2)20-21(25)19(27-22(17)20)11-16-5-4-15(3)26-16/h4-5,10-11,13,24H,6-9,12H2,1-3H3/b19-11-. The van der Waals surface area contributed by atoms with Crippen molar-refractivity contribution in [2.24, 2.45) is 5.92 Å². The van der Waals surface area contributed by atoms with Crippen LogP contribution in [0.4, 0.5) is 0 Å². The predicted octanol–water partition coefficient (Wildman–Crippen LogP) is 4.45. The smallest absolute Gasteiger partial charge is 0.232 e. The van der Waals surface area contributed by atoms with Gasteiger partial charge in [-0.1, -0.05) is 6.92 Å². The van der Waals surface area contributed by atoms with Crippen molar-refractivity contribution in [3.05, 3.63) is 52.2 Å². The summed E-state index contributed by atoms with van der Waals surface area (Å²) in [5, 5.41) is 10.5. The van der Waals surface area contributed by atoms with Gasteiger partial charge in [-0.3, -0.25) is 9.69 Å². The van der Waals surface area contributed by atoms with Gasteiger partial charge in [0, 0.05) is 12.6 Å². The van der Waals surface area contributed by atoms with E-state index in [1.807, 2.05) is 26.0 Å². The predicted molar refractivity (Wildman–Crippen MR) is 103 cm³/mol. The third-order valence-electron chi connectivity index (χ3n) is 5.51. The third kappa shape index (κ3) is 3.39. The number of aromatic hydroxyl groups is 1. The number of nitrogens with zero attached hydrogens (tertiary/aromatic N) is 1. The molecular formula is C22H25NO4. The number of furan rings is 1. The Bertz CT molecular complexity index is 917. The van der Waals surface area contributed by atoms with E-state index < -0.39 is 0 Å². The minimum atomic E-state index is -0.162. The zero-order valence-electron chi connectivity index (χ0n) is 16.0. The van der Waals surface area contributed by atoms with E-state index >= 15 is 0 Å². The van der Waals surface area contributed by atoms with Crippen LogP contribution in [0.3, 0.4) is 0 Å². The molecule has 5 heteroatoms. The highest BCUT2D eigenvalue weighted by molar-refractivity contribution is 6.15. The Hall–Kier alpha value is -2.53. The molecule has 0 unspecified atom stereocenters. The monoisotopic (exact) mass is 367 g/mol. The van der Waals surface area contributed by atoms with E-state index in [2.05, 4.69) is 11.8 Å². The molecule has 1 N–H and O–H groups in total. The number of hydrogen-bond acceptors (Lipinski definition) is 5. The van der Waals surface area contributed by atoms with Crippen LogP contribution in [0.5, 0.6) is 11.5 Å². The maximum absolute atomic E-state index is 12.9. The maximum atomic E-state index is 12.9. The van der Waals surface area contributed by atoms with Crippen LogP contribution >= 0.6 is 0 Å². The zero-order valence-corrected chi connectivity index (χ0v) is 16.0. The summed E-state index contributed by atoms with van der Waals surface area (Å²) >= 11 is 0. The van der Waals surface area contributed by atoms with Crippen molar-refractivity contribution in [1.82, 2.24) is 4.90 Å². The number of allylic oxidation sites excluding steroid dienone is 1. The number of ether oxygens (including phenoxy) is 1. The zero-order chi connectivity index (χ0) is 19.1. The minimum Gasteiger partial charge on any atom is -0.507 e. The summed E-state index contributed by atoms with van der Waals surface area (Å²) in [6.07, 6.45) is 3.92. The van der Waals surface area contributed by atoms with Gasteiger partial charge in [0.25, 0.3) is 0 Å². The molecule has 2 aromatic rings. The van der Waals surface area contributed by atoms with Crippen LogP contribution in [-0.4, -0.2) is 28.9 Å². The molecule has 5 nitrogen and oxygen atoms in total. The van der Waals surface area contributed by atoms with Crippen molar-refractivity contribution in [3.8, 4) is 11.5 Å². The number of aryl methyl sites for hydroxylation is 2. The summed E-state index contributed by atoms with van der Waals surface area (Å²) in [4.78, 5) is 15.2. The van der Waals surface area contributed by atoms with Gasteiger partial charge in [-0.05, 0) is 69.5 Å². The van der Waals surface area contributed by atoms with E-state index in [-0.39, 0.29) is 17.3 Å². The number of ketones is 1. The van der Waals surface area contributed by atoms with Gasteiger partial charge in [-0.25, -0.2) is 0 Å². The lowest BCUT2D eigenvalue weighted by Crippen LogP contribution is -2.32. The molecule has 4 rings (SSSR count). The summed E-state index contributed by atoms with van der Waals surface area (Å²) in [5.74, 6) is 2.85. The van der Waals surface area contributed by atoms with Crippen LogP contribution in [0.1, 0.15) is 52.8 Å². The Kier molecular flexibility index (Phi) is 4.56. The molecule has 2 aliphatic heterocycles. The van der Waals surface area contributed by atoms with Gasteiger partial charge in [-0.2, -0.15) is 0 Å². The lowest BCUT2D eigenvalue weighted by molar-refractivity contribution is 0.101. The Balaban J connectivity index is 1.67. The second-order valence-corrected chi connectivity index (χ2v) is 7.74. The van der Waals surface area contributed by atoms with Crippen LogP contribution in [-0.2, 0) is 6.54 Å². The summed E-state index contributed by atoms with van der Waals surface area (Å²) < 4.78 is 11.5. The molecule has 1 aromatic carbocycles. The fourth-order valence-corrected chi connectivity index (χ4v) is 3.84. The number of carbonyl (C=O) groups excluding carboxylic acids is 1. The van der Waals surface area contributed by atoms with Crippen molar-refractivity contribution < 1.29 is 19.1 Å². The molecular weight excluding hydrogens is 342 g/mol. The van der Waals surface area contributed by atoms with Gasteiger partial charge in [0.2, 0.25) is 5.78 Å². The summed E-state index contributed by atoms with van der Waals surface area (Å²) in [6, 6.07) is 5.32. The highest BCUT2D eigenvalue weighted by Gasteiger charge is 2.34. The van der Waals surface area contributed by atoms with E-state index in [1.165, 1.54) is 0 Å². The lowest BCUT2D eigenvalue weighted by atomic mass is 9.96. The number of carbonyl (C=O) groups is 1. The Morgan fingerprint density at radius 3 is 2.67 bits per heavy atom. The molecule has 0 spiro atoms. The van der Waals surface area contributed by atoms with Gasteiger partial charge in [0.1, 0.15) is 23.0 Å². The fraction of sp³-hybridized carbons (Fsp3) is 0.409. The number of phenolic OH excluding ortho intramolecular Hbond substituents is 1. The van der Waals surface area contributed by atoms with Gasteiger partial charge in [0.05, 0.1) is 11.1 Å². The van der Waals surface area contributed by atoms with E-state index in [9.17, 15) is 9.90 Å². The fourth-order valence-electron chi connectivity index (χ4n) is 3.84. The second-order valence-electron chi connectivity index (χ2n) is 7.74. The van der Waals surface area contributed by atoms with Crippen molar-refractivity contribution in [2.45, 2.75) is 40.2 Å². The van der Waals surface area contributed by atoms with Crippen LogP contribution in [0.25, 0.3) is 6.08 Å². The number of hydrogen-bond donors (Lipinski definition) is 1. The van der Waals surface area contributed by atoms with Gasteiger partial charge < -0.3 is 14.3 Å². The number of piperidine rings is 1. The average Bonchev–Trinajstić information content (AvgIpc) is 3.17. The molecule has 142 valence electrons. The molecule has 1 saturated heterocycles. The normalized spacial score (nSPS) is 19.5. The summed E-state index contributed by atoms with van der Waals surface area (Å²) in [6.45, 7) is 8.52. The van der Waals surface area contributed by atoms with Crippen LogP contribution in [0.2, 0.25) is 0 Å². The summed E-state index contributed by atoms with van der Waals surface area (Å²) in [7, 11) is 0. The van der Waals surface area contributed by atoms with Gasteiger partial charge in [0.15, 0.2) is 5.76 Å². The van der Waals surface area contributed by atoms with Crippen LogP contribution < -0.4 is 4.74 Å². The molecule has 0 aliphatic carbocycles. The molecule has 0 radical (unpaired) electrons. The Labute approximate surface area is 159 Å². The number of phenols is 1. The highest BCUT2D eigenvalue weighted by atomic mass is 16.5. The molecule has 1 fully saturated rings. The van der Waals surface area contributed by atoms with Crippen molar-refractivity contribution in [2.75, 3.05) is 13.1 Å². The van der Waals surface area contributed by atoms with Crippen molar-refractivity contribution in [1.29, 1.82) is 0 Å². The molecule has 0 saturated carbocycles. The largest absolute Gasteiger partial charge is 0.507 e. The SMILES string of the molecule is Cc1ccc(/C=C2\Oc3c(CN4CCC(C)CC4)c(O)cc(C)c3C2=O)o1. The quantitative estimate of drug-likeness (QED) is 0.812. The van der Waals surface area contributed by atoms with Crippen molar-refractivity contribution in [3.63, 3.8) is 0 Å². The molecule has 3 heterocycles. The number of likely N-dealkylation sites (tertiary alicyclic amines) is 1. The van der Waals surface area contributed by atoms with E-state index in [4.69, 9.17) is 9.15 Å². The first-order valence-electron chi connectivity index (χ1n) is 9.51. The van der Waals surface area contributed by atoms with E-state index in [0.29, 0.717) is 29.2 Å². The molecule has 0 amide bonds. The van der Waals surface area contributed by atoms with Crippen molar-refractivity contribution >= 4 is 11.9 Å². The minimum absolute atomic E-state index is 0.162. The molecule has 27 heavy (non-hydrogen) atoms. The Morgan fingerprint density at radius 1 is 1.26 bits per heavy atom. The van der Waals surface area contributed by atoms with E-state index in [1.54, 1.807) is 12.1 Å². The topological polar surface area (TPSA) is 62.9 Å². The Morgan fingerprint density at radius 2 is 2.00 bits per heavy atom. The third-order valence-corrected chi connectivity index (χ3v) is 5.51. The first-order valence-corrected chi connectivity index (χ1v) is 9.51. The number of fused-ring (bicyclic) bond motifs is 1. The van der Waals surface area contributed by atoms with Crippen LogP contribution in [0.15, 0.2) is 28.4 Å². The molecule has 2 aliphatic rings. The highest BCUT2D eigenvalue weighted by Crippen LogP contribution is 2.42. The number of Topliss-reactive ketones (excluding diaryl/α,β-unsaturated/α-hetero) is 1. The molecule has 1 aromatic heterocycles. The average molecular weight is 367 g/mol. The van der Waals surface area contributed by atoms with Gasteiger partial charge in [-0.15, -0.1) is 0 Å². The molecule has 0 bridgehead atoms. The lowest BCUT2D eigenvalue weighted by Gasteiger charge is -2.30. The summed E-state index contributed by atoms with van der Waals surface area (Å²) in [5.41, 5.74) is 1.96. The number of rotatable bonds is 3. The molecule has 0 atom stereocenters. The number of benzene rings is 1. The first kappa shape index (κ1) is 17.9. The maximum Gasteiger partial charge on any atom is 0.232 e. The van der Waals surface area contributed by atoms with E-state index in [0.717, 1.165) is 43.2 Å². The first-order chi connectivity index (χ1) is 12.9. The van der Waals surface area contributed by atoms with Crippen LogP contribution in [0, 0.1) is 19.8 Å². The van der Waals surface area contributed by atoms with Gasteiger partial charge >= 0.3 is 0 Å². The second kappa shape index (κ2) is 6.89.